The molecule has 104 valence electrons. The number of nitrogens with zero attached hydrogens (tertiary/aromatic N) is 1. The van der Waals surface area contributed by atoms with Crippen LogP contribution in [0.5, 0.6) is 0 Å². The second-order valence-corrected chi connectivity index (χ2v) is 7.35. The SMILES string of the molecule is Cc1nc(SC2/C=C/CCCCC2)sc1CC(=O)O. The van der Waals surface area contributed by atoms with Gasteiger partial charge in [0.1, 0.15) is 0 Å². The van der Waals surface area contributed by atoms with Crippen LogP contribution in [0.15, 0.2) is 16.5 Å². The molecule has 1 unspecified atom stereocenters. The molecule has 1 aliphatic carbocycles. The normalized spacial score (nSPS) is 21.6. The molecule has 19 heavy (non-hydrogen) atoms. The van der Waals surface area contributed by atoms with Gasteiger partial charge in [0, 0.05) is 10.1 Å². The molecule has 2 rings (SSSR count). The number of hydrogen-bond acceptors (Lipinski definition) is 4. The van der Waals surface area contributed by atoms with E-state index in [0.717, 1.165) is 14.9 Å². The van der Waals surface area contributed by atoms with E-state index in [4.69, 9.17) is 5.11 Å². The molecule has 0 bridgehead atoms. The van der Waals surface area contributed by atoms with Crippen LogP contribution in [0, 0.1) is 6.92 Å². The molecule has 0 aliphatic heterocycles. The predicted molar refractivity (Wildman–Crippen MR) is 80.1 cm³/mol. The van der Waals surface area contributed by atoms with Crippen molar-refractivity contribution in [1.82, 2.24) is 4.98 Å². The quantitative estimate of drug-likeness (QED) is 0.851. The summed E-state index contributed by atoms with van der Waals surface area (Å²) in [5, 5.41) is 9.34. The maximum Gasteiger partial charge on any atom is 0.308 e. The third kappa shape index (κ3) is 4.66. The summed E-state index contributed by atoms with van der Waals surface area (Å²) < 4.78 is 1.00. The number of aromatic nitrogens is 1. The van der Waals surface area contributed by atoms with Crippen molar-refractivity contribution < 1.29 is 9.90 Å². The van der Waals surface area contributed by atoms with Crippen molar-refractivity contribution in [1.29, 1.82) is 0 Å². The second-order valence-electron chi connectivity index (χ2n) is 4.78. The van der Waals surface area contributed by atoms with Gasteiger partial charge in [-0.2, -0.15) is 0 Å². The van der Waals surface area contributed by atoms with E-state index in [1.165, 1.54) is 43.4 Å². The number of thiazole rings is 1. The van der Waals surface area contributed by atoms with Gasteiger partial charge >= 0.3 is 5.97 Å². The molecule has 1 aromatic rings. The number of carboxylic acids is 1. The number of carboxylic acid groups (broad SMARTS) is 1. The zero-order valence-corrected chi connectivity index (χ0v) is 12.7. The highest BCUT2D eigenvalue weighted by atomic mass is 32.2. The molecule has 0 amide bonds. The van der Waals surface area contributed by atoms with Gasteiger partial charge in [0.2, 0.25) is 0 Å². The minimum atomic E-state index is -0.783. The Morgan fingerprint density at radius 2 is 2.37 bits per heavy atom. The summed E-state index contributed by atoms with van der Waals surface area (Å²) in [5.41, 5.74) is 0.865. The number of hydrogen-bond donors (Lipinski definition) is 1. The Morgan fingerprint density at radius 1 is 1.53 bits per heavy atom. The fraction of sp³-hybridized carbons (Fsp3) is 0.571. The van der Waals surface area contributed by atoms with Crippen LogP contribution in [0.3, 0.4) is 0 Å². The standard InChI is InChI=1S/C14H19NO2S2/c1-10-12(9-13(16)17)19-14(15-10)18-11-7-5-3-2-4-6-8-11/h5,7,11H,2-4,6,8-9H2,1H3,(H,16,17)/b7-5+. The molecule has 0 radical (unpaired) electrons. The van der Waals surface area contributed by atoms with E-state index in [9.17, 15) is 4.79 Å². The number of carbonyl (C=O) groups is 1. The largest absolute Gasteiger partial charge is 0.481 e. The summed E-state index contributed by atoms with van der Waals surface area (Å²) in [7, 11) is 0. The lowest BCUT2D eigenvalue weighted by atomic mass is 10.1. The van der Waals surface area contributed by atoms with Crippen molar-refractivity contribution in [2.45, 2.75) is 55.0 Å². The number of rotatable bonds is 4. The summed E-state index contributed by atoms with van der Waals surface area (Å²) in [6, 6.07) is 0. The highest BCUT2D eigenvalue weighted by molar-refractivity contribution is 8.01. The van der Waals surface area contributed by atoms with Crippen molar-refractivity contribution in [2.75, 3.05) is 0 Å². The van der Waals surface area contributed by atoms with Crippen LogP contribution in [0.25, 0.3) is 0 Å². The summed E-state index contributed by atoms with van der Waals surface area (Å²) >= 11 is 3.31. The first-order chi connectivity index (χ1) is 9.15. The molecular weight excluding hydrogens is 278 g/mol. The summed E-state index contributed by atoms with van der Waals surface area (Å²) in [5.74, 6) is -0.783. The van der Waals surface area contributed by atoms with E-state index in [0.29, 0.717) is 5.25 Å². The Labute approximate surface area is 122 Å². The maximum atomic E-state index is 10.8. The molecule has 1 N–H and O–H groups in total. The van der Waals surface area contributed by atoms with E-state index in [1.807, 2.05) is 6.92 Å². The van der Waals surface area contributed by atoms with Crippen molar-refractivity contribution >= 4 is 29.1 Å². The van der Waals surface area contributed by atoms with Gasteiger partial charge < -0.3 is 5.11 Å². The molecule has 0 spiro atoms. The van der Waals surface area contributed by atoms with Crippen LogP contribution in [0.2, 0.25) is 0 Å². The first-order valence-electron chi connectivity index (χ1n) is 6.66. The summed E-state index contributed by atoms with van der Waals surface area (Å²) in [6.45, 7) is 1.90. The number of thioether (sulfide) groups is 1. The molecule has 1 atom stereocenters. The van der Waals surface area contributed by atoms with Crippen LogP contribution in [0.4, 0.5) is 0 Å². The number of aliphatic carboxylic acids is 1. The zero-order valence-electron chi connectivity index (χ0n) is 11.1. The third-order valence-electron chi connectivity index (χ3n) is 3.15. The number of allylic oxidation sites excluding steroid dienone is 1. The molecular formula is C14H19NO2S2. The first-order valence-corrected chi connectivity index (χ1v) is 8.36. The van der Waals surface area contributed by atoms with Crippen molar-refractivity contribution in [3.05, 3.63) is 22.7 Å². The van der Waals surface area contributed by atoms with Gasteiger partial charge in [-0.05, 0) is 26.2 Å². The average molecular weight is 297 g/mol. The predicted octanol–water partition coefficient (Wildman–Crippen LogP) is 4.06. The van der Waals surface area contributed by atoms with Crippen molar-refractivity contribution in [3.63, 3.8) is 0 Å². The highest BCUT2D eigenvalue weighted by Crippen LogP contribution is 2.33. The zero-order chi connectivity index (χ0) is 13.7. The molecule has 3 nitrogen and oxygen atoms in total. The lowest BCUT2D eigenvalue weighted by Crippen LogP contribution is -2.00. The van der Waals surface area contributed by atoms with E-state index < -0.39 is 5.97 Å². The van der Waals surface area contributed by atoms with Gasteiger partial charge in [0.25, 0.3) is 0 Å². The van der Waals surface area contributed by atoms with Crippen LogP contribution in [-0.4, -0.2) is 21.3 Å². The van der Waals surface area contributed by atoms with E-state index in [-0.39, 0.29) is 6.42 Å². The van der Waals surface area contributed by atoms with Crippen LogP contribution in [0.1, 0.15) is 42.7 Å². The van der Waals surface area contributed by atoms with Crippen molar-refractivity contribution in [3.8, 4) is 0 Å². The molecule has 1 aromatic heterocycles. The van der Waals surface area contributed by atoms with E-state index >= 15 is 0 Å². The first kappa shape index (κ1) is 14.6. The second kappa shape index (κ2) is 7.10. The van der Waals surface area contributed by atoms with Crippen molar-refractivity contribution in [2.24, 2.45) is 0 Å². The Balaban J connectivity index is 2.01. The average Bonchev–Trinajstić information content (AvgIpc) is 2.62. The van der Waals surface area contributed by atoms with Crippen LogP contribution >= 0.6 is 23.1 Å². The molecule has 0 aromatic carbocycles. The molecule has 1 aliphatic rings. The van der Waals surface area contributed by atoms with Gasteiger partial charge in [0.05, 0.1) is 12.1 Å². The molecule has 0 saturated carbocycles. The van der Waals surface area contributed by atoms with Gasteiger partial charge in [-0.25, -0.2) is 4.98 Å². The summed E-state index contributed by atoms with van der Waals surface area (Å²) in [6.07, 6.45) is 10.9. The highest BCUT2D eigenvalue weighted by Gasteiger charge is 2.15. The minimum Gasteiger partial charge on any atom is -0.481 e. The fourth-order valence-electron chi connectivity index (χ4n) is 2.11. The Kier molecular flexibility index (Phi) is 5.45. The molecule has 1 heterocycles. The Hall–Kier alpha value is -0.810. The van der Waals surface area contributed by atoms with Crippen LogP contribution < -0.4 is 0 Å². The van der Waals surface area contributed by atoms with Crippen LogP contribution in [-0.2, 0) is 11.2 Å². The lowest BCUT2D eigenvalue weighted by Gasteiger charge is -2.12. The topological polar surface area (TPSA) is 50.2 Å². The lowest BCUT2D eigenvalue weighted by molar-refractivity contribution is -0.136. The monoisotopic (exact) mass is 297 g/mol. The van der Waals surface area contributed by atoms with E-state index in [2.05, 4.69) is 17.1 Å². The van der Waals surface area contributed by atoms with Gasteiger partial charge in [-0.15, -0.1) is 11.3 Å². The van der Waals surface area contributed by atoms with E-state index in [1.54, 1.807) is 11.8 Å². The maximum absolute atomic E-state index is 10.8. The van der Waals surface area contributed by atoms with Gasteiger partial charge in [-0.3, -0.25) is 4.79 Å². The molecule has 0 saturated heterocycles. The summed E-state index contributed by atoms with van der Waals surface area (Å²) in [4.78, 5) is 16.1. The molecule has 0 fully saturated rings. The smallest absolute Gasteiger partial charge is 0.308 e. The Morgan fingerprint density at radius 3 is 3.16 bits per heavy atom. The molecule has 5 heteroatoms. The van der Waals surface area contributed by atoms with Gasteiger partial charge in [-0.1, -0.05) is 36.8 Å². The minimum absolute atomic E-state index is 0.0879. The third-order valence-corrected chi connectivity index (χ3v) is 5.63. The fourth-order valence-corrected chi connectivity index (χ4v) is 4.68. The number of aryl methyl sites for hydroxylation is 1. The Bertz CT molecular complexity index is 468. The van der Waals surface area contributed by atoms with Gasteiger partial charge in [0.15, 0.2) is 4.34 Å².